The van der Waals surface area contributed by atoms with E-state index >= 15 is 0 Å². The molecule has 0 saturated heterocycles. The van der Waals surface area contributed by atoms with Gasteiger partial charge >= 0.3 is 0 Å². The summed E-state index contributed by atoms with van der Waals surface area (Å²) < 4.78 is 6.27. The van der Waals surface area contributed by atoms with Crippen molar-refractivity contribution in [2.75, 3.05) is 12.4 Å². The van der Waals surface area contributed by atoms with Crippen LogP contribution in [0.25, 0.3) is 21.7 Å². The molecular formula is C21H17BrN2O. The van der Waals surface area contributed by atoms with E-state index in [1.807, 2.05) is 30.3 Å². The van der Waals surface area contributed by atoms with Crippen LogP contribution in [0, 0.1) is 0 Å². The summed E-state index contributed by atoms with van der Waals surface area (Å²) in [5.41, 5.74) is 2.17. The predicted molar refractivity (Wildman–Crippen MR) is 107 cm³/mol. The maximum absolute atomic E-state index is 5.21. The SMILES string of the molecule is COc1ccc(CNc2nc3ccc(Br)cc3c3ccccc23)cc1. The number of halogens is 1. The van der Waals surface area contributed by atoms with Crippen LogP contribution >= 0.6 is 15.9 Å². The second-order valence-electron chi connectivity index (χ2n) is 5.87. The summed E-state index contributed by atoms with van der Waals surface area (Å²) in [6.45, 7) is 0.711. The van der Waals surface area contributed by atoms with Crippen molar-refractivity contribution in [3.63, 3.8) is 0 Å². The highest BCUT2D eigenvalue weighted by molar-refractivity contribution is 9.10. The Kier molecular flexibility index (Phi) is 4.28. The monoisotopic (exact) mass is 392 g/mol. The van der Waals surface area contributed by atoms with E-state index in [4.69, 9.17) is 9.72 Å². The lowest BCUT2D eigenvalue weighted by atomic mass is 10.1. The number of fused-ring (bicyclic) bond motifs is 3. The number of benzene rings is 3. The summed E-state index contributed by atoms with van der Waals surface area (Å²) in [6.07, 6.45) is 0. The lowest BCUT2D eigenvalue weighted by Crippen LogP contribution is -2.02. The number of nitrogens with zero attached hydrogens (tertiary/aromatic N) is 1. The highest BCUT2D eigenvalue weighted by atomic mass is 79.9. The lowest BCUT2D eigenvalue weighted by molar-refractivity contribution is 0.414. The quantitative estimate of drug-likeness (QED) is 0.447. The number of methoxy groups -OCH3 is 1. The third kappa shape index (κ3) is 3.17. The van der Waals surface area contributed by atoms with E-state index in [1.165, 1.54) is 10.9 Å². The molecule has 4 rings (SSSR count). The summed E-state index contributed by atoms with van der Waals surface area (Å²) in [5, 5.41) is 6.96. The molecule has 124 valence electrons. The molecule has 0 unspecified atom stereocenters. The molecule has 4 heteroatoms. The minimum absolute atomic E-state index is 0.711. The van der Waals surface area contributed by atoms with Crippen molar-refractivity contribution in [2.45, 2.75) is 6.54 Å². The Balaban J connectivity index is 1.73. The Morgan fingerprint density at radius 3 is 2.44 bits per heavy atom. The molecule has 1 N–H and O–H groups in total. The van der Waals surface area contributed by atoms with Gasteiger partial charge in [-0.2, -0.15) is 0 Å². The van der Waals surface area contributed by atoms with Gasteiger partial charge in [-0.1, -0.05) is 52.3 Å². The van der Waals surface area contributed by atoms with E-state index in [2.05, 4.69) is 57.6 Å². The number of aromatic nitrogens is 1. The van der Waals surface area contributed by atoms with Crippen molar-refractivity contribution in [3.8, 4) is 5.75 Å². The summed E-state index contributed by atoms with van der Waals surface area (Å²) in [5.74, 6) is 1.77. The molecule has 0 atom stereocenters. The average Bonchev–Trinajstić information content (AvgIpc) is 2.67. The maximum atomic E-state index is 5.21. The van der Waals surface area contributed by atoms with Gasteiger partial charge in [0.05, 0.1) is 12.6 Å². The standard InChI is InChI=1S/C21H17BrN2O/c1-25-16-9-6-14(7-10-16)13-23-21-18-5-3-2-4-17(18)19-12-15(22)8-11-20(19)24-21/h2-12H,13H2,1H3,(H,23,24). The van der Waals surface area contributed by atoms with Gasteiger partial charge in [-0.15, -0.1) is 0 Å². The average molecular weight is 393 g/mol. The number of nitrogens with one attached hydrogen (secondary N) is 1. The minimum Gasteiger partial charge on any atom is -0.497 e. The Morgan fingerprint density at radius 2 is 1.68 bits per heavy atom. The van der Waals surface area contributed by atoms with Gasteiger partial charge in [0.15, 0.2) is 0 Å². The lowest BCUT2D eigenvalue weighted by Gasteiger charge is -2.12. The fourth-order valence-corrected chi connectivity index (χ4v) is 3.35. The number of hydrogen-bond acceptors (Lipinski definition) is 3. The van der Waals surface area contributed by atoms with Gasteiger partial charge < -0.3 is 10.1 Å². The molecular weight excluding hydrogens is 376 g/mol. The Morgan fingerprint density at radius 1 is 0.920 bits per heavy atom. The molecule has 3 nitrogen and oxygen atoms in total. The number of hydrogen-bond donors (Lipinski definition) is 1. The first-order chi connectivity index (χ1) is 12.2. The molecule has 4 aromatic rings. The van der Waals surface area contributed by atoms with Crippen LogP contribution in [0.2, 0.25) is 0 Å². The Hall–Kier alpha value is -2.59. The largest absolute Gasteiger partial charge is 0.497 e. The molecule has 1 heterocycles. The van der Waals surface area contributed by atoms with Crippen LogP contribution in [0.5, 0.6) is 5.75 Å². The normalized spacial score (nSPS) is 11.0. The van der Waals surface area contributed by atoms with E-state index in [1.54, 1.807) is 7.11 Å². The molecule has 1 aromatic heterocycles. The topological polar surface area (TPSA) is 34.1 Å². The van der Waals surface area contributed by atoms with Crippen molar-refractivity contribution >= 4 is 43.4 Å². The molecule has 0 amide bonds. The molecule has 0 aliphatic rings. The van der Waals surface area contributed by atoms with E-state index < -0.39 is 0 Å². The molecule has 25 heavy (non-hydrogen) atoms. The number of rotatable bonds is 4. The van der Waals surface area contributed by atoms with Crippen molar-refractivity contribution < 1.29 is 4.74 Å². The van der Waals surface area contributed by atoms with Gasteiger partial charge in [0.25, 0.3) is 0 Å². The molecule has 0 aliphatic carbocycles. The van der Waals surface area contributed by atoms with Gasteiger partial charge in [0.1, 0.15) is 11.6 Å². The van der Waals surface area contributed by atoms with Crippen LogP contribution < -0.4 is 10.1 Å². The fourth-order valence-electron chi connectivity index (χ4n) is 2.99. The van der Waals surface area contributed by atoms with E-state index in [0.29, 0.717) is 6.54 Å². The van der Waals surface area contributed by atoms with Crippen LogP contribution in [0.1, 0.15) is 5.56 Å². The maximum Gasteiger partial charge on any atom is 0.134 e. The summed E-state index contributed by atoms with van der Waals surface area (Å²) in [7, 11) is 1.68. The van der Waals surface area contributed by atoms with Crippen LogP contribution in [0.15, 0.2) is 71.2 Å². The first-order valence-electron chi connectivity index (χ1n) is 8.09. The molecule has 0 fully saturated rings. The van der Waals surface area contributed by atoms with Gasteiger partial charge in [-0.25, -0.2) is 4.98 Å². The Labute approximate surface area is 154 Å². The third-order valence-corrected chi connectivity index (χ3v) is 4.78. The van der Waals surface area contributed by atoms with Gasteiger partial charge in [0.2, 0.25) is 0 Å². The summed E-state index contributed by atoms with van der Waals surface area (Å²) >= 11 is 3.56. The van der Waals surface area contributed by atoms with Crippen molar-refractivity contribution in [1.29, 1.82) is 0 Å². The molecule has 0 saturated carbocycles. The highest BCUT2D eigenvalue weighted by Crippen LogP contribution is 2.31. The smallest absolute Gasteiger partial charge is 0.134 e. The zero-order valence-electron chi connectivity index (χ0n) is 13.8. The number of anilines is 1. The summed E-state index contributed by atoms with van der Waals surface area (Å²) in [6, 6.07) is 22.6. The second kappa shape index (κ2) is 6.73. The highest BCUT2D eigenvalue weighted by Gasteiger charge is 2.08. The number of ether oxygens (including phenoxy) is 1. The number of pyridine rings is 1. The molecule has 0 spiro atoms. The van der Waals surface area contributed by atoms with Crippen LogP contribution in [-0.2, 0) is 6.54 Å². The summed E-state index contributed by atoms with van der Waals surface area (Å²) in [4.78, 5) is 4.84. The van der Waals surface area contributed by atoms with Crippen LogP contribution in [0.3, 0.4) is 0 Å². The predicted octanol–water partition coefficient (Wildman–Crippen LogP) is 5.77. The van der Waals surface area contributed by atoms with Crippen molar-refractivity contribution in [2.24, 2.45) is 0 Å². The second-order valence-corrected chi connectivity index (χ2v) is 6.78. The van der Waals surface area contributed by atoms with E-state index in [-0.39, 0.29) is 0 Å². The van der Waals surface area contributed by atoms with Gasteiger partial charge in [-0.3, -0.25) is 0 Å². The zero-order chi connectivity index (χ0) is 17.2. The zero-order valence-corrected chi connectivity index (χ0v) is 15.4. The first-order valence-corrected chi connectivity index (χ1v) is 8.89. The minimum atomic E-state index is 0.711. The van der Waals surface area contributed by atoms with Crippen LogP contribution in [-0.4, -0.2) is 12.1 Å². The van der Waals surface area contributed by atoms with E-state index in [0.717, 1.165) is 32.3 Å². The Bertz CT molecular complexity index is 1040. The third-order valence-electron chi connectivity index (χ3n) is 4.28. The molecule has 0 aliphatic heterocycles. The van der Waals surface area contributed by atoms with Crippen molar-refractivity contribution in [1.82, 2.24) is 4.98 Å². The molecule has 0 bridgehead atoms. The van der Waals surface area contributed by atoms with Crippen LogP contribution in [0.4, 0.5) is 5.82 Å². The van der Waals surface area contributed by atoms with Gasteiger partial charge in [0, 0.05) is 21.8 Å². The van der Waals surface area contributed by atoms with E-state index in [9.17, 15) is 0 Å². The fraction of sp³-hybridized carbons (Fsp3) is 0.0952. The molecule has 0 radical (unpaired) electrons. The van der Waals surface area contributed by atoms with Gasteiger partial charge in [-0.05, 0) is 41.3 Å². The van der Waals surface area contributed by atoms with Crippen molar-refractivity contribution in [3.05, 3.63) is 76.8 Å². The first kappa shape index (κ1) is 15.9. The molecule has 3 aromatic carbocycles.